The molecule has 0 fully saturated rings. The van der Waals surface area contributed by atoms with E-state index in [1.165, 1.54) is 18.2 Å². The second-order valence-corrected chi connectivity index (χ2v) is 5.86. The quantitative estimate of drug-likeness (QED) is 0.827. The molecule has 0 bridgehead atoms. The smallest absolute Gasteiger partial charge is 0.335 e. The molecule has 2 N–H and O–H groups in total. The van der Waals surface area contributed by atoms with Crippen molar-refractivity contribution in [2.75, 3.05) is 0 Å². The highest BCUT2D eigenvalue weighted by Crippen LogP contribution is 2.12. The Morgan fingerprint density at radius 3 is 2.67 bits per heavy atom. The summed E-state index contributed by atoms with van der Waals surface area (Å²) in [5.41, 5.74) is -0.0407. The first-order valence-corrected chi connectivity index (χ1v) is 7.21. The minimum Gasteiger partial charge on any atom is -0.478 e. The molecular formula is C12H17NO4S. The fourth-order valence-corrected chi connectivity index (χ4v) is 2.94. The fourth-order valence-electron chi connectivity index (χ4n) is 1.62. The third kappa shape index (κ3) is 3.82. The largest absolute Gasteiger partial charge is 0.478 e. The third-order valence-corrected chi connectivity index (χ3v) is 4.06. The number of carboxylic acids is 1. The monoisotopic (exact) mass is 271 g/mol. The fraction of sp³-hybridized carbons (Fsp3) is 0.417. The molecule has 0 aliphatic rings. The van der Waals surface area contributed by atoms with Crippen molar-refractivity contribution >= 4 is 16.0 Å². The maximum Gasteiger partial charge on any atom is 0.335 e. The number of sulfonamides is 1. The number of carboxylic acid groups (broad SMARTS) is 1. The van der Waals surface area contributed by atoms with E-state index in [0.717, 1.165) is 18.9 Å². The summed E-state index contributed by atoms with van der Waals surface area (Å²) in [5.74, 6) is -1.14. The Balaban J connectivity index is 2.98. The Kier molecular flexibility index (Phi) is 4.86. The molecule has 0 aromatic heterocycles. The first kappa shape index (κ1) is 14.7. The summed E-state index contributed by atoms with van der Waals surface area (Å²) in [6, 6.07) is 5.14. The maximum absolute atomic E-state index is 12.0. The zero-order valence-corrected chi connectivity index (χ0v) is 11.2. The molecule has 1 aromatic rings. The molecule has 18 heavy (non-hydrogen) atoms. The number of hydrogen-bond donors (Lipinski definition) is 2. The number of benzene rings is 1. The Hall–Kier alpha value is -1.40. The molecule has 0 radical (unpaired) electrons. The predicted molar refractivity (Wildman–Crippen MR) is 68.1 cm³/mol. The predicted octanol–water partition coefficient (Wildman–Crippen LogP) is 1.85. The van der Waals surface area contributed by atoms with Crippen molar-refractivity contribution in [3.63, 3.8) is 0 Å². The lowest BCUT2D eigenvalue weighted by Crippen LogP contribution is -2.32. The lowest BCUT2D eigenvalue weighted by molar-refractivity contribution is 0.0696. The second kappa shape index (κ2) is 5.97. The van der Waals surface area contributed by atoms with Crippen LogP contribution in [0.15, 0.2) is 29.2 Å². The summed E-state index contributed by atoms with van der Waals surface area (Å²) in [6.45, 7) is 3.75. The topological polar surface area (TPSA) is 83.5 Å². The van der Waals surface area contributed by atoms with Crippen LogP contribution in [0.2, 0.25) is 0 Å². The van der Waals surface area contributed by atoms with E-state index in [1.54, 1.807) is 6.92 Å². The van der Waals surface area contributed by atoms with Gasteiger partial charge in [0.1, 0.15) is 0 Å². The molecule has 5 nitrogen and oxygen atoms in total. The van der Waals surface area contributed by atoms with E-state index >= 15 is 0 Å². The lowest BCUT2D eigenvalue weighted by Gasteiger charge is -2.13. The number of rotatable bonds is 6. The van der Waals surface area contributed by atoms with Gasteiger partial charge in [-0.1, -0.05) is 19.4 Å². The van der Waals surface area contributed by atoms with E-state index in [1.807, 2.05) is 6.92 Å². The summed E-state index contributed by atoms with van der Waals surface area (Å²) >= 11 is 0. The molecule has 0 spiro atoms. The first-order valence-electron chi connectivity index (χ1n) is 5.72. The van der Waals surface area contributed by atoms with Gasteiger partial charge in [-0.2, -0.15) is 0 Å². The van der Waals surface area contributed by atoms with Crippen LogP contribution >= 0.6 is 0 Å². The van der Waals surface area contributed by atoms with Crippen LogP contribution in [0.3, 0.4) is 0 Å². The molecule has 6 heteroatoms. The standard InChI is InChI=1S/C12H17NO4S/c1-3-5-9(2)13-18(16,17)11-7-4-6-10(8-11)12(14)15/h4,6-9,13H,3,5H2,1-2H3,(H,14,15)/t9-/m0/s1. The van der Waals surface area contributed by atoms with Crippen LogP contribution in [0, 0.1) is 0 Å². The van der Waals surface area contributed by atoms with Gasteiger partial charge in [0.25, 0.3) is 0 Å². The van der Waals surface area contributed by atoms with Crippen molar-refractivity contribution in [2.24, 2.45) is 0 Å². The van der Waals surface area contributed by atoms with E-state index < -0.39 is 16.0 Å². The van der Waals surface area contributed by atoms with Crippen molar-refractivity contribution < 1.29 is 18.3 Å². The van der Waals surface area contributed by atoms with E-state index in [4.69, 9.17) is 5.11 Å². The molecule has 0 saturated heterocycles. The van der Waals surface area contributed by atoms with Gasteiger partial charge in [-0.05, 0) is 31.5 Å². The van der Waals surface area contributed by atoms with Gasteiger partial charge in [0, 0.05) is 6.04 Å². The van der Waals surface area contributed by atoms with Gasteiger partial charge in [0.2, 0.25) is 10.0 Å². The van der Waals surface area contributed by atoms with Crippen LogP contribution in [-0.2, 0) is 10.0 Å². The molecular weight excluding hydrogens is 254 g/mol. The summed E-state index contributed by atoms with van der Waals surface area (Å²) in [4.78, 5) is 10.8. The van der Waals surface area contributed by atoms with Gasteiger partial charge in [0.15, 0.2) is 0 Å². The summed E-state index contributed by atoms with van der Waals surface area (Å²) < 4.78 is 26.5. The highest BCUT2D eigenvalue weighted by atomic mass is 32.2. The highest BCUT2D eigenvalue weighted by Gasteiger charge is 2.18. The van der Waals surface area contributed by atoms with E-state index in [2.05, 4.69) is 4.72 Å². The zero-order valence-electron chi connectivity index (χ0n) is 10.4. The van der Waals surface area contributed by atoms with E-state index in [9.17, 15) is 13.2 Å². The van der Waals surface area contributed by atoms with Gasteiger partial charge in [-0.15, -0.1) is 0 Å². The SMILES string of the molecule is CCC[C@H](C)NS(=O)(=O)c1cccc(C(=O)O)c1. The molecule has 1 atom stereocenters. The Morgan fingerprint density at radius 2 is 2.11 bits per heavy atom. The van der Waals surface area contributed by atoms with E-state index in [0.29, 0.717) is 0 Å². The minimum atomic E-state index is -3.65. The van der Waals surface area contributed by atoms with Crippen molar-refractivity contribution in [3.8, 4) is 0 Å². The van der Waals surface area contributed by atoms with Crippen molar-refractivity contribution in [2.45, 2.75) is 37.6 Å². The van der Waals surface area contributed by atoms with Gasteiger partial charge < -0.3 is 5.11 Å². The molecule has 0 heterocycles. The van der Waals surface area contributed by atoms with Gasteiger partial charge in [0.05, 0.1) is 10.5 Å². The van der Waals surface area contributed by atoms with Crippen LogP contribution in [0.25, 0.3) is 0 Å². The van der Waals surface area contributed by atoms with Crippen LogP contribution in [0.5, 0.6) is 0 Å². The minimum absolute atomic E-state index is 0.0228. The molecule has 0 amide bonds. The molecule has 0 aliphatic heterocycles. The number of nitrogens with one attached hydrogen (secondary N) is 1. The first-order chi connectivity index (χ1) is 8.36. The van der Waals surface area contributed by atoms with Crippen molar-refractivity contribution in [3.05, 3.63) is 29.8 Å². The number of carbonyl (C=O) groups is 1. The molecule has 0 aliphatic carbocycles. The van der Waals surface area contributed by atoms with Crippen LogP contribution < -0.4 is 4.72 Å². The normalized spacial score (nSPS) is 13.2. The van der Waals surface area contributed by atoms with Crippen LogP contribution in [0.1, 0.15) is 37.0 Å². The average Bonchev–Trinajstić information content (AvgIpc) is 2.28. The Bertz CT molecular complexity index is 525. The third-order valence-electron chi connectivity index (χ3n) is 2.47. The van der Waals surface area contributed by atoms with Crippen LogP contribution in [-0.4, -0.2) is 25.5 Å². The molecule has 1 rings (SSSR count). The zero-order chi connectivity index (χ0) is 13.8. The molecule has 100 valence electrons. The average molecular weight is 271 g/mol. The Morgan fingerprint density at radius 1 is 1.44 bits per heavy atom. The number of hydrogen-bond acceptors (Lipinski definition) is 3. The summed E-state index contributed by atoms with van der Waals surface area (Å²) in [7, 11) is -3.65. The Labute approximate surface area is 107 Å². The second-order valence-electron chi connectivity index (χ2n) is 4.14. The summed E-state index contributed by atoms with van der Waals surface area (Å²) in [6.07, 6.45) is 1.61. The highest BCUT2D eigenvalue weighted by molar-refractivity contribution is 7.89. The van der Waals surface area contributed by atoms with E-state index in [-0.39, 0.29) is 16.5 Å². The van der Waals surface area contributed by atoms with Gasteiger partial charge >= 0.3 is 5.97 Å². The van der Waals surface area contributed by atoms with Crippen molar-refractivity contribution in [1.29, 1.82) is 0 Å². The molecule has 0 saturated carbocycles. The molecule has 1 aromatic carbocycles. The van der Waals surface area contributed by atoms with Crippen LogP contribution in [0.4, 0.5) is 0 Å². The lowest BCUT2D eigenvalue weighted by atomic mass is 10.2. The summed E-state index contributed by atoms with van der Waals surface area (Å²) in [5, 5.41) is 8.83. The maximum atomic E-state index is 12.0. The number of aromatic carboxylic acids is 1. The van der Waals surface area contributed by atoms with Crippen molar-refractivity contribution in [1.82, 2.24) is 4.72 Å². The van der Waals surface area contributed by atoms with Gasteiger partial charge in [-0.3, -0.25) is 0 Å². The van der Waals surface area contributed by atoms with Gasteiger partial charge in [-0.25, -0.2) is 17.9 Å². The molecule has 0 unspecified atom stereocenters.